The molecule has 2 aromatic heterocycles. The van der Waals surface area contributed by atoms with Crippen molar-refractivity contribution in [2.75, 3.05) is 0 Å². The summed E-state index contributed by atoms with van der Waals surface area (Å²) in [4.78, 5) is 14.0. The minimum absolute atomic E-state index is 0.220. The van der Waals surface area contributed by atoms with Gasteiger partial charge in [0.25, 0.3) is 0 Å². The van der Waals surface area contributed by atoms with Gasteiger partial charge in [-0.2, -0.15) is 13.2 Å². The average Bonchev–Trinajstić information content (AvgIpc) is 2.58. The molecule has 2 aromatic rings. The lowest BCUT2D eigenvalue weighted by atomic mass is 10.3. The standard InChI is InChI=1S/C9H5F3N2O2/c10-9(11,12)6-2-1-5-3-4-14(8(15)16)7(5)13-6/h1-4H,(H,15,16). The van der Waals surface area contributed by atoms with Crippen LogP contribution in [-0.2, 0) is 6.18 Å². The minimum atomic E-state index is -4.58. The second kappa shape index (κ2) is 3.22. The van der Waals surface area contributed by atoms with E-state index in [2.05, 4.69) is 4.98 Å². The van der Waals surface area contributed by atoms with Crippen molar-refractivity contribution in [3.8, 4) is 0 Å². The molecule has 7 heteroatoms. The fourth-order valence-corrected chi connectivity index (χ4v) is 1.32. The summed E-state index contributed by atoms with van der Waals surface area (Å²) >= 11 is 0. The molecule has 0 aliphatic carbocycles. The lowest BCUT2D eigenvalue weighted by Gasteiger charge is -2.05. The number of nitrogens with zero attached hydrogens (tertiary/aromatic N) is 2. The van der Waals surface area contributed by atoms with Crippen molar-refractivity contribution in [2.24, 2.45) is 0 Å². The first-order valence-corrected chi connectivity index (χ1v) is 4.18. The van der Waals surface area contributed by atoms with Crippen molar-refractivity contribution < 1.29 is 23.1 Å². The first kappa shape index (κ1) is 10.5. The van der Waals surface area contributed by atoms with Gasteiger partial charge in [-0.3, -0.25) is 0 Å². The monoisotopic (exact) mass is 230 g/mol. The van der Waals surface area contributed by atoms with Crippen LogP contribution >= 0.6 is 0 Å². The highest BCUT2D eigenvalue weighted by molar-refractivity contribution is 5.86. The fourth-order valence-electron chi connectivity index (χ4n) is 1.32. The molecule has 84 valence electrons. The zero-order valence-electron chi connectivity index (χ0n) is 7.69. The number of carboxylic acid groups (broad SMARTS) is 1. The third-order valence-electron chi connectivity index (χ3n) is 2.03. The summed E-state index contributed by atoms with van der Waals surface area (Å²) < 4.78 is 37.7. The number of halogens is 3. The molecule has 0 atom stereocenters. The smallest absolute Gasteiger partial charge is 0.433 e. The topological polar surface area (TPSA) is 55.1 Å². The molecule has 0 amide bonds. The maximum absolute atomic E-state index is 12.3. The lowest BCUT2D eigenvalue weighted by molar-refractivity contribution is -0.141. The Bertz CT molecular complexity index is 559. The highest BCUT2D eigenvalue weighted by atomic mass is 19.4. The van der Waals surface area contributed by atoms with E-state index >= 15 is 0 Å². The van der Waals surface area contributed by atoms with Crippen LogP contribution in [0, 0.1) is 0 Å². The van der Waals surface area contributed by atoms with Crippen LogP contribution in [0.15, 0.2) is 24.4 Å². The van der Waals surface area contributed by atoms with Gasteiger partial charge in [0.2, 0.25) is 0 Å². The third kappa shape index (κ3) is 1.60. The Morgan fingerprint density at radius 1 is 1.31 bits per heavy atom. The molecule has 0 spiro atoms. The van der Waals surface area contributed by atoms with Crippen molar-refractivity contribution in [1.82, 2.24) is 9.55 Å². The number of pyridine rings is 1. The van der Waals surface area contributed by atoms with Gasteiger partial charge in [0.1, 0.15) is 11.3 Å². The zero-order chi connectivity index (χ0) is 11.9. The van der Waals surface area contributed by atoms with Crippen LogP contribution < -0.4 is 0 Å². The first-order chi connectivity index (χ1) is 7.39. The number of hydrogen-bond acceptors (Lipinski definition) is 2. The van der Waals surface area contributed by atoms with E-state index in [0.717, 1.165) is 12.3 Å². The van der Waals surface area contributed by atoms with Gasteiger partial charge in [-0.1, -0.05) is 0 Å². The Morgan fingerprint density at radius 2 is 2.00 bits per heavy atom. The summed E-state index contributed by atoms with van der Waals surface area (Å²) in [5, 5.41) is 9.05. The van der Waals surface area contributed by atoms with Crippen LogP contribution in [0.3, 0.4) is 0 Å². The van der Waals surface area contributed by atoms with Crippen LogP contribution in [0.5, 0.6) is 0 Å². The van der Waals surface area contributed by atoms with Crippen molar-refractivity contribution in [3.63, 3.8) is 0 Å². The molecule has 0 aliphatic heterocycles. The molecule has 2 rings (SSSR count). The van der Waals surface area contributed by atoms with Crippen LogP contribution in [0.25, 0.3) is 11.0 Å². The molecule has 0 bridgehead atoms. The number of alkyl halides is 3. The van der Waals surface area contributed by atoms with Gasteiger partial charge in [-0.15, -0.1) is 0 Å². The maximum Gasteiger partial charge on any atom is 0.433 e. The largest absolute Gasteiger partial charge is 0.464 e. The summed E-state index contributed by atoms with van der Waals surface area (Å²) in [7, 11) is 0. The van der Waals surface area contributed by atoms with E-state index in [1.807, 2.05) is 0 Å². The number of rotatable bonds is 0. The average molecular weight is 230 g/mol. The molecule has 0 saturated carbocycles. The highest BCUT2D eigenvalue weighted by Gasteiger charge is 2.32. The maximum atomic E-state index is 12.3. The van der Waals surface area contributed by atoms with Gasteiger partial charge in [0.05, 0.1) is 0 Å². The molecular formula is C9H5F3N2O2. The van der Waals surface area contributed by atoms with Gasteiger partial charge in [0, 0.05) is 11.6 Å². The van der Waals surface area contributed by atoms with Crippen LogP contribution in [0.4, 0.5) is 18.0 Å². The predicted octanol–water partition coefficient (Wildman–Crippen LogP) is 2.58. The molecule has 16 heavy (non-hydrogen) atoms. The number of aromatic nitrogens is 2. The Balaban J connectivity index is 2.68. The van der Waals surface area contributed by atoms with E-state index in [9.17, 15) is 18.0 Å². The van der Waals surface area contributed by atoms with Crippen LogP contribution in [-0.4, -0.2) is 20.8 Å². The van der Waals surface area contributed by atoms with Gasteiger partial charge in [-0.05, 0) is 18.2 Å². The molecule has 2 heterocycles. The van der Waals surface area contributed by atoms with Crippen molar-refractivity contribution in [3.05, 3.63) is 30.1 Å². The van der Waals surface area contributed by atoms with Gasteiger partial charge < -0.3 is 5.11 Å². The van der Waals surface area contributed by atoms with E-state index in [1.54, 1.807) is 0 Å². The zero-order valence-corrected chi connectivity index (χ0v) is 7.69. The molecule has 0 aromatic carbocycles. The van der Waals surface area contributed by atoms with Crippen LogP contribution in [0.1, 0.15) is 5.69 Å². The molecular weight excluding hydrogens is 225 g/mol. The Morgan fingerprint density at radius 3 is 2.56 bits per heavy atom. The number of fused-ring (bicyclic) bond motifs is 1. The normalized spacial score (nSPS) is 11.9. The molecule has 0 radical (unpaired) electrons. The minimum Gasteiger partial charge on any atom is -0.464 e. The Labute approximate surface area is 86.9 Å². The molecule has 0 fully saturated rings. The fraction of sp³-hybridized carbons (Fsp3) is 0.111. The highest BCUT2D eigenvalue weighted by Crippen LogP contribution is 2.29. The van der Waals surface area contributed by atoms with Gasteiger partial charge >= 0.3 is 12.3 Å². The second-order valence-electron chi connectivity index (χ2n) is 3.08. The van der Waals surface area contributed by atoms with E-state index in [1.165, 1.54) is 12.1 Å². The van der Waals surface area contributed by atoms with E-state index in [-0.39, 0.29) is 5.65 Å². The van der Waals surface area contributed by atoms with Gasteiger partial charge in [0.15, 0.2) is 0 Å². The first-order valence-electron chi connectivity index (χ1n) is 4.18. The SMILES string of the molecule is O=C(O)n1ccc2ccc(C(F)(F)F)nc21. The molecule has 4 nitrogen and oxygen atoms in total. The number of carbonyl (C=O) groups is 1. The van der Waals surface area contributed by atoms with Crippen molar-refractivity contribution in [1.29, 1.82) is 0 Å². The Kier molecular flexibility index (Phi) is 2.11. The van der Waals surface area contributed by atoms with Crippen molar-refractivity contribution >= 4 is 17.1 Å². The third-order valence-corrected chi connectivity index (χ3v) is 2.03. The van der Waals surface area contributed by atoms with Crippen molar-refractivity contribution in [2.45, 2.75) is 6.18 Å². The Hall–Kier alpha value is -2.05. The summed E-state index contributed by atoms with van der Waals surface area (Å²) in [6.07, 6.45) is -4.80. The van der Waals surface area contributed by atoms with E-state index < -0.39 is 18.0 Å². The van der Waals surface area contributed by atoms with E-state index in [0.29, 0.717) is 9.95 Å². The predicted molar refractivity (Wildman–Crippen MR) is 48.2 cm³/mol. The summed E-state index contributed by atoms with van der Waals surface area (Å²) in [6.45, 7) is 0. The van der Waals surface area contributed by atoms with E-state index in [4.69, 9.17) is 5.11 Å². The van der Waals surface area contributed by atoms with Gasteiger partial charge in [-0.25, -0.2) is 14.3 Å². The summed E-state index contributed by atoms with van der Waals surface area (Å²) in [6, 6.07) is 3.38. The molecule has 0 aliphatic rings. The molecule has 0 saturated heterocycles. The lowest BCUT2D eigenvalue weighted by Crippen LogP contribution is -2.11. The quantitative estimate of drug-likeness (QED) is 0.756. The van der Waals surface area contributed by atoms with Crippen LogP contribution in [0.2, 0.25) is 0 Å². The summed E-state index contributed by atoms with van der Waals surface area (Å²) in [5.74, 6) is 0. The summed E-state index contributed by atoms with van der Waals surface area (Å²) in [5.41, 5.74) is -1.33. The second-order valence-corrected chi connectivity index (χ2v) is 3.08. The molecule has 1 N–H and O–H groups in total. The molecule has 0 unspecified atom stereocenters. The number of hydrogen-bond donors (Lipinski definition) is 1.